The number of rotatable bonds is 1. The zero-order valence-electron chi connectivity index (χ0n) is 16.6. The highest BCUT2D eigenvalue weighted by Gasteiger charge is 2.37. The first-order chi connectivity index (χ1) is 12.3. The van der Waals surface area contributed by atoms with Gasteiger partial charge in [-0.05, 0) is 37.3 Å². The van der Waals surface area contributed by atoms with Gasteiger partial charge in [-0.1, -0.05) is 43.1 Å². The lowest BCUT2D eigenvalue weighted by atomic mass is 9.86. The summed E-state index contributed by atoms with van der Waals surface area (Å²) >= 11 is 0. The SMILES string of the molecule is Cc1cc(C)c(-n2c[n+]3c(n2)COC[C@H]3C(C)(C)C)c(C)c1.F[B-](F)(F)F. The smallest absolute Gasteiger partial charge is 0.418 e. The number of fused-ring (bicyclic) bond motifs is 1. The summed E-state index contributed by atoms with van der Waals surface area (Å²) in [4.78, 5) is 0. The molecule has 2 aromatic rings. The van der Waals surface area contributed by atoms with Crippen molar-refractivity contribution in [2.45, 2.75) is 54.2 Å². The Labute approximate surface area is 157 Å². The number of hydrogen-bond acceptors (Lipinski definition) is 2. The van der Waals surface area contributed by atoms with Crippen LogP contribution in [0.25, 0.3) is 5.69 Å². The van der Waals surface area contributed by atoms with Crippen molar-refractivity contribution >= 4 is 7.25 Å². The average molecular weight is 387 g/mol. The molecule has 4 nitrogen and oxygen atoms in total. The van der Waals surface area contributed by atoms with Gasteiger partial charge in [0.05, 0.1) is 6.61 Å². The molecule has 1 aliphatic heterocycles. The van der Waals surface area contributed by atoms with Crippen LogP contribution in [0.4, 0.5) is 17.3 Å². The highest BCUT2D eigenvalue weighted by molar-refractivity contribution is 6.50. The highest BCUT2D eigenvalue weighted by atomic mass is 19.5. The van der Waals surface area contributed by atoms with Gasteiger partial charge in [0.1, 0.15) is 18.3 Å². The van der Waals surface area contributed by atoms with Crippen molar-refractivity contribution in [1.29, 1.82) is 0 Å². The number of halogens is 4. The number of hydrogen-bond donors (Lipinski definition) is 0. The van der Waals surface area contributed by atoms with Crippen molar-refractivity contribution in [3.8, 4) is 5.69 Å². The van der Waals surface area contributed by atoms with Gasteiger partial charge in [0.15, 0.2) is 0 Å². The van der Waals surface area contributed by atoms with Crippen molar-refractivity contribution in [2.75, 3.05) is 6.61 Å². The molecule has 9 heteroatoms. The van der Waals surface area contributed by atoms with Gasteiger partial charge in [-0.25, -0.2) is 4.57 Å². The van der Waals surface area contributed by atoms with E-state index in [0.29, 0.717) is 12.6 Å². The van der Waals surface area contributed by atoms with Crippen LogP contribution in [0.5, 0.6) is 0 Å². The third kappa shape index (κ3) is 5.54. The second kappa shape index (κ2) is 7.62. The molecule has 0 aliphatic carbocycles. The van der Waals surface area contributed by atoms with E-state index >= 15 is 0 Å². The molecule has 1 aliphatic rings. The summed E-state index contributed by atoms with van der Waals surface area (Å²) in [6.07, 6.45) is 2.14. The Morgan fingerprint density at radius 1 is 1.11 bits per heavy atom. The van der Waals surface area contributed by atoms with Crippen LogP contribution in [0.2, 0.25) is 0 Å². The highest BCUT2D eigenvalue weighted by Crippen LogP contribution is 2.29. The number of nitrogens with zero attached hydrogens (tertiary/aromatic N) is 3. The monoisotopic (exact) mass is 387 g/mol. The molecular formula is C18H26BF4N3O. The molecule has 0 N–H and O–H groups in total. The number of aromatic nitrogens is 3. The molecule has 3 rings (SSSR count). The lowest BCUT2D eigenvalue weighted by Gasteiger charge is -2.31. The maximum absolute atomic E-state index is 9.75. The fourth-order valence-electron chi connectivity index (χ4n) is 3.40. The molecule has 27 heavy (non-hydrogen) atoms. The minimum absolute atomic E-state index is 0.144. The molecule has 0 spiro atoms. The lowest BCUT2D eigenvalue weighted by Crippen LogP contribution is -2.53. The Kier molecular flexibility index (Phi) is 6.04. The van der Waals surface area contributed by atoms with E-state index in [9.17, 15) is 17.3 Å². The van der Waals surface area contributed by atoms with E-state index in [-0.39, 0.29) is 5.41 Å². The van der Waals surface area contributed by atoms with E-state index in [1.165, 1.54) is 22.4 Å². The van der Waals surface area contributed by atoms with Gasteiger partial charge in [-0.2, -0.15) is 0 Å². The van der Waals surface area contributed by atoms with Gasteiger partial charge < -0.3 is 22.0 Å². The molecular weight excluding hydrogens is 361 g/mol. The number of aryl methyl sites for hydroxylation is 3. The fourth-order valence-corrected chi connectivity index (χ4v) is 3.40. The third-order valence-electron chi connectivity index (χ3n) is 4.46. The van der Waals surface area contributed by atoms with Gasteiger partial charge in [0, 0.05) is 5.10 Å². The summed E-state index contributed by atoms with van der Waals surface area (Å²) in [6, 6.07) is 4.74. The molecule has 150 valence electrons. The molecule has 0 radical (unpaired) electrons. The minimum Gasteiger partial charge on any atom is -0.418 e. The van der Waals surface area contributed by atoms with E-state index in [2.05, 4.69) is 64.6 Å². The van der Waals surface area contributed by atoms with Gasteiger partial charge in [-0.3, -0.25) is 0 Å². The molecule has 1 aromatic carbocycles. The number of ether oxygens (including phenoxy) is 1. The molecule has 0 bridgehead atoms. The summed E-state index contributed by atoms with van der Waals surface area (Å²) < 4.78 is 49.1. The zero-order chi connectivity index (χ0) is 20.6. The standard InChI is InChI=1S/C18H26N3O.BF4/c1-12-7-13(2)17(14(3)8-12)21-11-20-15(18(4,5)6)9-22-10-16(20)19-21;2-1(3,4)5/h7-8,11,15H,9-10H2,1-6H3;/q+1;-1/t15-;/m0./s1. The summed E-state index contributed by atoms with van der Waals surface area (Å²) in [5.41, 5.74) is 5.13. The normalized spacial score (nSPS) is 17.2. The van der Waals surface area contributed by atoms with E-state index in [1.54, 1.807) is 0 Å². The van der Waals surface area contributed by atoms with E-state index < -0.39 is 7.25 Å². The Bertz CT molecular complexity index is 783. The fraction of sp³-hybridized carbons (Fsp3) is 0.556. The minimum atomic E-state index is -6.00. The second-order valence-corrected chi connectivity index (χ2v) is 8.02. The lowest BCUT2D eigenvalue weighted by molar-refractivity contribution is -0.755. The maximum atomic E-state index is 9.75. The van der Waals surface area contributed by atoms with Gasteiger partial charge in [-0.15, -0.1) is 0 Å². The second-order valence-electron chi connectivity index (χ2n) is 8.02. The first-order valence-corrected chi connectivity index (χ1v) is 8.80. The van der Waals surface area contributed by atoms with Crippen LogP contribution in [0.15, 0.2) is 18.5 Å². The Balaban J connectivity index is 0.000000465. The van der Waals surface area contributed by atoms with Crippen molar-refractivity contribution in [3.63, 3.8) is 0 Å². The largest absolute Gasteiger partial charge is 0.673 e. The van der Waals surface area contributed by atoms with Gasteiger partial charge in [0.25, 0.3) is 0 Å². The van der Waals surface area contributed by atoms with Crippen LogP contribution in [-0.4, -0.2) is 23.6 Å². The summed E-state index contributed by atoms with van der Waals surface area (Å²) in [5, 5.41) is 4.79. The van der Waals surface area contributed by atoms with Crippen molar-refractivity contribution in [3.05, 3.63) is 41.0 Å². The Hall–Kier alpha value is -1.90. The summed E-state index contributed by atoms with van der Waals surface area (Å²) in [5.74, 6) is 1.01. The molecule has 0 saturated carbocycles. The van der Waals surface area contributed by atoms with Crippen molar-refractivity contribution in [2.24, 2.45) is 5.41 Å². The van der Waals surface area contributed by atoms with E-state index in [1.807, 2.05) is 4.68 Å². The molecule has 1 aromatic heterocycles. The first-order valence-electron chi connectivity index (χ1n) is 8.80. The number of benzene rings is 1. The predicted octanol–water partition coefficient (Wildman–Crippen LogP) is 4.50. The Morgan fingerprint density at radius 2 is 1.63 bits per heavy atom. The molecule has 0 unspecified atom stereocenters. The predicted molar refractivity (Wildman–Crippen MR) is 96.3 cm³/mol. The van der Waals surface area contributed by atoms with Crippen LogP contribution < -0.4 is 4.57 Å². The average Bonchev–Trinajstić information content (AvgIpc) is 2.86. The van der Waals surface area contributed by atoms with E-state index in [0.717, 1.165) is 12.4 Å². The van der Waals surface area contributed by atoms with Crippen LogP contribution in [0.3, 0.4) is 0 Å². The third-order valence-corrected chi connectivity index (χ3v) is 4.46. The van der Waals surface area contributed by atoms with Crippen LogP contribution in [0.1, 0.15) is 49.3 Å². The van der Waals surface area contributed by atoms with Crippen LogP contribution in [0, 0.1) is 26.2 Å². The quantitative estimate of drug-likeness (QED) is 0.410. The first kappa shape index (κ1) is 21.4. The molecule has 1 atom stereocenters. The zero-order valence-corrected chi connectivity index (χ0v) is 16.6. The molecule has 0 saturated heterocycles. The van der Waals surface area contributed by atoms with E-state index in [4.69, 9.17) is 9.84 Å². The van der Waals surface area contributed by atoms with Crippen molar-refractivity contribution in [1.82, 2.24) is 9.78 Å². The van der Waals surface area contributed by atoms with Gasteiger partial charge >= 0.3 is 13.1 Å². The molecule has 2 heterocycles. The summed E-state index contributed by atoms with van der Waals surface area (Å²) in [6.45, 7) is 14.5. The van der Waals surface area contributed by atoms with Crippen LogP contribution in [-0.2, 0) is 11.3 Å². The maximum Gasteiger partial charge on any atom is 0.673 e. The summed E-state index contributed by atoms with van der Waals surface area (Å²) in [7, 11) is -6.00. The van der Waals surface area contributed by atoms with Crippen LogP contribution >= 0.6 is 0 Å². The van der Waals surface area contributed by atoms with Gasteiger partial charge in [0.2, 0.25) is 6.33 Å². The van der Waals surface area contributed by atoms with Crippen molar-refractivity contribution < 1.29 is 26.6 Å². The topological polar surface area (TPSA) is 30.9 Å². The molecule has 0 fully saturated rings. The Morgan fingerprint density at radius 3 is 2.11 bits per heavy atom. The molecule has 0 amide bonds.